The average molecular weight is 366 g/mol. The van der Waals surface area contributed by atoms with E-state index in [4.69, 9.17) is 0 Å². The average Bonchev–Trinajstić information content (AvgIpc) is 3.02. The lowest BCUT2D eigenvalue weighted by atomic mass is 9.84. The highest BCUT2D eigenvalue weighted by atomic mass is 35.5. The molecule has 0 radical (unpaired) electrons. The van der Waals surface area contributed by atoms with Gasteiger partial charge in [-0.2, -0.15) is 0 Å². The highest BCUT2D eigenvalue weighted by molar-refractivity contribution is 5.97. The molecule has 2 heterocycles. The molecule has 2 aliphatic heterocycles. The Morgan fingerprint density at radius 2 is 2.12 bits per heavy atom. The van der Waals surface area contributed by atoms with Crippen LogP contribution in [0.1, 0.15) is 39.0 Å². The lowest BCUT2D eigenvalue weighted by Gasteiger charge is -2.27. The van der Waals surface area contributed by atoms with Gasteiger partial charge in [-0.1, -0.05) is 13.0 Å². The molecule has 2 N–H and O–H groups in total. The molecule has 1 aromatic carbocycles. The summed E-state index contributed by atoms with van der Waals surface area (Å²) in [6.45, 7) is 5.06. The summed E-state index contributed by atoms with van der Waals surface area (Å²) in [5.41, 5.74) is 1.65. The second-order valence-electron chi connectivity index (χ2n) is 7.02. The minimum atomic E-state index is 0. The predicted octanol–water partition coefficient (Wildman–Crippen LogP) is 3.20. The second-order valence-corrected chi connectivity index (χ2v) is 7.02. The van der Waals surface area contributed by atoms with Gasteiger partial charge in [0.1, 0.15) is 0 Å². The molecule has 0 saturated carbocycles. The molecule has 2 fully saturated rings. The van der Waals surface area contributed by atoms with Crippen LogP contribution in [0.15, 0.2) is 24.3 Å². The standard InChI is InChI=1S/C19H27N3O2.ClH/c1-14(15-7-9-20-10-8-15)12-18(23)21-16-4-2-5-17(13-16)22-11-3-6-19(22)24;/h2,4-5,13-15,20H,3,6-12H2,1H3,(H,21,23);1H. The highest BCUT2D eigenvalue weighted by Gasteiger charge is 2.23. The molecule has 3 rings (SSSR count). The Morgan fingerprint density at radius 3 is 2.80 bits per heavy atom. The van der Waals surface area contributed by atoms with Gasteiger partial charge in [0.25, 0.3) is 0 Å². The Balaban J connectivity index is 0.00000225. The van der Waals surface area contributed by atoms with Crippen molar-refractivity contribution in [2.24, 2.45) is 11.8 Å². The van der Waals surface area contributed by atoms with E-state index in [2.05, 4.69) is 17.6 Å². The third-order valence-corrected chi connectivity index (χ3v) is 5.21. The summed E-state index contributed by atoms with van der Waals surface area (Å²) >= 11 is 0. The normalized spacial score (nSPS) is 19.4. The summed E-state index contributed by atoms with van der Waals surface area (Å²) in [6, 6.07) is 7.61. The van der Waals surface area contributed by atoms with Crippen molar-refractivity contribution in [3.63, 3.8) is 0 Å². The zero-order valence-electron chi connectivity index (χ0n) is 14.8. The maximum absolute atomic E-state index is 12.4. The lowest BCUT2D eigenvalue weighted by Crippen LogP contribution is -2.32. The zero-order valence-corrected chi connectivity index (χ0v) is 15.6. The number of anilines is 2. The Bertz CT molecular complexity index is 602. The number of carbonyl (C=O) groups is 2. The first kappa shape index (κ1) is 19.7. The minimum Gasteiger partial charge on any atom is -0.326 e. The molecule has 138 valence electrons. The Labute approximate surface area is 155 Å². The number of rotatable bonds is 5. The van der Waals surface area contributed by atoms with Crippen molar-refractivity contribution >= 4 is 35.6 Å². The topological polar surface area (TPSA) is 61.4 Å². The molecule has 2 aliphatic rings. The molecule has 1 aromatic rings. The van der Waals surface area contributed by atoms with Crippen LogP contribution in [0.4, 0.5) is 11.4 Å². The summed E-state index contributed by atoms with van der Waals surface area (Å²) in [5, 5.41) is 6.36. The van der Waals surface area contributed by atoms with Gasteiger partial charge in [-0.05, 0) is 62.4 Å². The maximum Gasteiger partial charge on any atom is 0.227 e. The van der Waals surface area contributed by atoms with E-state index >= 15 is 0 Å². The van der Waals surface area contributed by atoms with Crippen LogP contribution in [-0.4, -0.2) is 31.4 Å². The third-order valence-electron chi connectivity index (χ3n) is 5.21. The van der Waals surface area contributed by atoms with E-state index in [1.54, 1.807) is 4.90 Å². The molecular weight excluding hydrogens is 338 g/mol. The van der Waals surface area contributed by atoms with Crippen LogP contribution in [0.3, 0.4) is 0 Å². The quantitative estimate of drug-likeness (QED) is 0.842. The first-order chi connectivity index (χ1) is 11.6. The summed E-state index contributed by atoms with van der Waals surface area (Å²) in [5.74, 6) is 1.25. The number of halogens is 1. The van der Waals surface area contributed by atoms with Crippen LogP contribution >= 0.6 is 12.4 Å². The number of hydrogen-bond donors (Lipinski definition) is 2. The van der Waals surface area contributed by atoms with Crippen molar-refractivity contribution in [2.45, 2.75) is 39.0 Å². The molecule has 5 nitrogen and oxygen atoms in total. The van der Waals surface area contributed by atoms with Crippen LogP contribution in [-0.2, 0) is 9.59 Å². The number of nitrogens with one attached hydrogen (secondary N) is 2. The number of nitrogens with zero attached hydrogens (tertiary/aromatic N) is 1. The van der Waals surface area contributed by atoms with Crippen LogP contribution < -0.4 is 15.5 Å². The smallest absolute Gasteiger partial charge is 0.227 e. The van der Waals surface area contributed by atoms with Gasteiger partial charge in [-0.15, -0.1) is 12.4 Å². The largest absolute Gasteiger partial charge is 0.326 e. The summed E-state index contributed by atoms with van der Waals surface area (Å²) in [4.78, 5) is 26.0. The number of benzene rings is 1. The first-order valence-corrected chi connectivity index (χ1v) is 9.04. The fourth-order valence-corrected chi connectivity index (χ4v) is 3.76. The van der Waals surface area contributed by atoms with Crippen molar-refractivity contribution in [1.29, 1.82) is 0 Å². The van der Waals surface area contributed by atoms with E-state index in [0.717, 1.165) is 50.3 Å². The van der Waals surface area contributed by atoms with Crippen LogP contribution in [0.5, 0.6) is 0 Å². The molecule has 6 heteroatoms. The summed E-state index contributed by atoms with van der Waals surface area (Å²) in [6.07, 6.45) is 4.38. The molecule has 2 amide bonds. The molecule has 0 bridgehead atoms. The lowest BCUT2D eigenvalue weighted by molar-refractivity contribution is -0.118. The van der Waals surface area contributed by atoms with E-state index < -0.39 is 0 Å². The van der Waals surface area contributed by atoms with E-state index in [0.29, 0.717) is 24.7 Å². The van der Waals surface area contributed by atoms with E-state index in [9.17, 15) is 9.59 Å². The number of carbonyl (C=O) groups excluding carboxylic acids is 2. The second kappa shape index (κ2) is 9.20. The molecule has 0 spiro atoms. The Kier molecular flexibility index (Phi) is 7.26. The van der Waals surface area contributed by atoms with Gasteiger partial charge in [0, 0.05) is 30.8 Å². The minimum absolute atomic E-state index is 0. The highest BCUT2D eigenvalue weighted by Crippen LogP contribution is 2.26. The molecule has 2 saturated heterocycles. The van der Waals surface area contributed by atoms with Crippen molar-refractivity contribution in [3.05, 3.63) is 24.3 Å². The van der Waals surface area contributed by atoms with Gasteiger partial charge >= 0.3 is 0 Å². The number of piperidine rings is 1. The monoisotopic (exact) mass is 365 g/mol. The van der Waals surface area contributed by atoms with Crippen molar-refractivity contribution < 1.29 is 9.59 Å². The zero-order chi connectivity index (χ0) is 16.9. The van der Waals surface area contributed by atoms with Crippen molar-refractivity contribution in [2.75, 3.05) is 29.9 Å². The first-order valence-electron chi connectivity index (χ1n) is 9.04. The van der Waals surface area contributed by atoms with Gasteiger partial charge in [0.05, 0.1) is 0 Å². The van der Waals surface area contributed by atoms with Gasteiger partial charge in [0.15, 0.2) is 0 Å². The van der Waals surface area contributed by atoms with E-state index in [1.807, 2.05) is 24.3 Å². The Morgan fingerprint density at radius 1 is 1.36 bits per heavy atom. The van der Waals surface area contributed by atoms with E-state index in [-0.39, 0.29) is 24.2 Å². The van der Waals surface area contributed by atoms with Crippen LogP contribution in [0.2, 0.25) is 0 Å². The molecule has 0 aromatic heterocycles. The van der Waals surface area contributed by atoms with Crippen molar-refractivity contribution in [3.8, 4) is 0 Å². The molecular formula is C19H28ClN3O2. The maximum atomic E-state index is 12.4. The van der Waals surface area contributed by atoms with Gasteiger partial charge in [-0.3, -0.25) is 9.59 Å². The third kappa shape index (κ3) is 5.19. The summed E-state index contributed by atoms with van der Waals surface area (Å²) < 4.78 is 0. The van der Waals surface area contributed by atoms with Gasteiger partial charge < -0.3 is 15.5 Å². The molecule has 1 atom stereocenters. The molecule has 1 unspecified atom stereocenters. The van der Waals surface area contributed by atoms with Crippen molar-refractivity contribution in [1.82, 2.24) is 5.32 Å². The fraction of sp³-hybridized carbons (Fsp3) is 0.579. The number of amides is 2. The fourth-order valence-electron chi connectivity index (χ4n) is 3.76. The van der Waals surface area contributed by atoms with Crippen LogP contribution in [0, 0.1) is 11.8 Å². The molecule has 25 heavy (non-hydrogen) atoms. The SMILES string of the molecule is CC(CC(=O)Nc1cccc(N2CCCC2=O)c1)C1CCNCC1.Cl. The molecule has 0 aliphatic carbocycles. The Hall–Kier alpha value is -1.59. The van der Waals surface area contributed by atoms with E-state index in [1.165, 1.54) is 0 Å². The van der Waals surface area contributed by atoms with Crippen LogP contribution in [0.25, 0.3) is 0 Å². The predicted molar refractivity (Wildman–Crippen MR) is 103 cm³/mol. The van der Waals surface area contributed by atoms with Gasteiger partial charge in [-0.25, -0.2) is 0 Å². The summed E-state index contributed by atoms with van der Waals surface area (Å²) in [7, 11) is 0. The number of hydrogen-bond acceptors (Lipinski definition) is 3. The van der Waals surface area contributed by atoms with Gasteiger partial charge in [0.2, 0.25) is 11.8 Å².